The predicted octanol–water partition coefficient (Wildman–Crippen LogP) is 5.61. The molecule has 2 aromatic carbocycles. The molecule has 0 saturated carbocycles. The molecule has 0 spiro atoms. The lowest BCUT2D eigenvalue weighted by Gasteiger charge is -2.18. The van der Waals surface area contributed by atoms with Crippen molar-refractivity contribution in [1.29, 1.82) is 0 Å². The minimum Gasteiger partial charge on any atom is -0.325 e. The minimum atomic E-state index is -0.103. The molecule has 30 heavy (non-hydrogen) atoms. The highest BCUT2D eigenvalue weighted by atomic mass is 32.2. The number of thioether (sulfide) groups is 1. The van der Waals surface area contributed by atoms with Crippen LogP contribution in [-0.4, -0.2) is 21.2 Å². The molecule has 3 aromatic rings. The van der Waals surface area contributed by atoms with Crippen LogP contribution in [0.25, 0.3) is 10.9 Å². The average Bonchev–Trinajstić information content (AvgIpc) is 2.77. The number of hydrogen-bond donors (Lipinski definition) is 1. The number of hydrogen-bond acceptors (Lipinski definition) is 4. The van der Waals surface area contributed by atoms with E-state index in [1.165, 1.54) is 11.8 Å². The zero-order valence-corrected chi connectivity index (χ0v) is 18.8. The molecule has 6 heteroatoms. The highest BCUT2D eigenvalue weighted by Crippen LogP contribution is 2.27. The maximum absolute atomic E-state index is 13.0. The SMILES string of the molecule is CC[C@H](C)c1ccccc1NC(=O)CSc1nc2ccccc2c(=O)n1[C@@H](C)CC. The van der Waals surface area contributed by atoms with Crippen molar-refractivity contribution in [2.75, 3.05) is 11.1 Å². The molecule has 0 radical (unpaired) electrons. The second-order valence-corrected chi connectivity index (χ2v) is 8.52. The molecule has 0 aliphatic carbocycles. The van der Waals surface area contributed by atoms with E-state index >= 15 is 0 Å². The highest BCUT2D eigenvalue weighted by Gasteiger charge is 2.17. The first-order chi connectivity index (χ1) is 14.5. The summed E-state index contributed by atoms with van der Waals surface area (Å²) >= 11 is 1.31. The number of anilines is 1. The fraction of sp³-hybridized carbons (Fsp3) is 0.375. The number of carbonyl (C=O) groups excluding carboxylic acids is 1. The van der Waals surface area contributed by atoms with Gasteiger partial charge in [-0.05, 0) is 49.4 Å². The minimum absolute atomic E-state index is 0.00583. The smallest absolute Gasteiger partial charge is 0.262 e. The number of nitrogens with zero attached hydrogens (tertiary/aromatic N) is 2. The number of fused-ring (bicyclic) bond motifs is 1. The highest BCUT2D eigenvalue weighted by molar-refractivity contribution is 7.99. The van der Waals surface area contributed by atoms with Crippen LogP contribution >= 0.6 is 11.8 Å². The van der Waals surface area contributed by atoms with E-state index in [1.807, 2.05) is 50.2 Å². The van der Waals surface area contributed by atoms with Gasteiger partial charge in [0.2, 0.25) is 5.91 Å². The molecule has 3 rings (SSSR count). The van der Waals surface area contributed by atoms with E-state index in [0.29, 0.717) is 22.0 Å². The topological polar surface area (TPSA) is 64.0 Å². The molecule has 0 fully saturated rings. The molecule has 1 amide bonds. The van der Waals surface area contributed by atoms with Gasteiger partial charge in [-0.25, -0.2) is 4.98 Å². The van der Waals surface area contributed by atoms with Crippen LogP contribution < -0.4 is 10.9 Å². The third kappa shape index (κ3) is 4.75. The Kier molecular flexibility index (Phi) is 7.32. The molecular weight excluding hydrogens is 394 g/mol. The molecule has 0 bridgehead atoms. The quantitative estimate of drug-likeness (QED) is 0.378. The first kappa shape index (κ1) is 22.1. The summed E-state index contributed by atoms with van der Waals surface area (Å²) in [6.45, 7) is 8.34. The molecular formula is C24H29N3O2S. The van der Waals surface area contributed by atoms with Crippen molar-refractivity contribution in [2.45, 2.75) is 57.7 Å². The summed E-state index contributed by atoms with van der Waals surface area (Å²) < 4.78 is 1.72. The fourth-order valence-electron chi connectivity index (χ4n) is 3.38. The Morgan fingerprint density at radius 1 is 1.07 bits per heavy atom. The van der Waals surface area contributed by atoms with Crippen molar-refractivity contribution < 1.29 is 4.79 Å². The first-order valence-corrected chi connectivity index (χ1v) is 11.5. The lowest BCUT2D eigenvalue weighted by Crippen LogP contribution is -2.26. The lowest BCUT2D eigenvalue weighted by atomic mass is 9.97. The molecule has 0 unspecified atom stereocenters. The molecule has 2 atom stereocenters. The zero-order valence-electron chi connectivity index (χ0n) is 18.0. The van der Waals surface area contributed by atoms with Gasteiger partial charge in [0.05, 0.1) is 16.7 Å². The fourth-order valence-corrected chi connectivity index (χ4v) is 4.27. The largest absolute Gasteiger partial charge is 0.325 e. The van der Waals surface area contributed by atoms with Crippen molar-refractivity contribution >= 4 is 34.3 Å². The Labute approximate surface area is 181 Å². The predicted molar refractivity (Wildman–Crippen MR) is 126 cm³/mol. The van der Waals surface area contributed by atoms with E-state index in [1.54, 1.807) is 10.6 Å². The molecule has 0 aliphatic rings. The summed E-state index contributed by atoms with van der Waals surface area (Å²) in [5, 5.41) is 4.22. The van der Waals surface area contributed by atoms with Crippen LogP contribution in [0.2, 0.25) is 0 Å². The normalized spacial score (nSPS) is 13.2. The van der Waals surface area contributed by atoms with Gasteiger partial charge in [-0.1, -0.05) is 62.9 Å². The Morgan fingerprint density at radius 3 is 2.50 bits per heavy atom. The van der Waals surface area contributed by atoms with Crippen LogP contribution in [0.1, 0.15) is 58.1 Å². The van der Waals surface area contributed by atoms with E-state index in [0.717, 1.165) is 24.1 Å². The standard InChI is InChI=1S/C24H29N3O2S/c1-5-16(3)18-11-7-9-13-20(18)25-22(28)15-30-24-26-21-14-10-8-12-19(21)23(29)27(24)17(4)6-2/h7-14,16-17H,5-6,15H2,1-4H3,(H,25,28)/t16-,17-/m0/s1. The maximum Gasteiger partial charge on any atom is 0.262 e. The Morgan fingerprint density at radius 2 is 1.77 bits per heavy atom. The number of nitrogens with one attached hydrogen (secondary N) is 1. The number of aromatic nitrogens is 2. The van der Waals surface area contributed by atoms with Gasteiger partial charge in [0.15, 0.2) is 5.16 Å². The van der Waals surface area contributed by atoms with Gasteiger partial charge in [-0.3, -0.25) is 14.2 Å². The van der Waals surface area contributed by atoms with E-state index in [4.69, 9.17) is 0 Å². The van der Waals surface area contributed by atoms with Crippen molar-refractivity contribution in [3.05, 3.63) is 64.4 Å². The van der Waals surface area contributed by atoms with Crippen molar-refractivity contribution in [3.8, 4) is 0 Å². The Balaban J connectivity index is 1.84. The van der Waals surface area contributed by atoms with E-state index < -0.39 is 0 Å². The Bertz CT molecular complexity index is 1090. The molecule has 1 N–H and O–H groups in total. The monoisotopic (exact) mass is 423 g/mol. The number of benzene rings is 2. The van der Waals surface area contributed by atoms with E-state index in [2.05, 4.69) is 30.2 Å². The average molecular weight is 424 g/mol. The van der Waals surface area contributed by atoms with E-state index in [-0.39, 0.29) is 23.3 Å². The molecule has 1 heterocycles. The third-order valence-corrected chi connectivity index (χ3v) is 6.47. The second-order valence-electron chi connectivity index (χ2n) is 7.58. The zero-order chi connectivity index (χ0) is 21.7. The van der Waals surface area contributed by atoms with Crippen LogP contribution in [0.15, 0.2) is 58.5 Å². The van der Waals surface area contributed by atoms with Crippen LogP contribution in [0.4, 0.5) is 5.69 Å². The van der Waals surface area contributed by atoms with Crippen LogP contribution in [0, 0.1) is 0 Å². The Hall–Kier alpha value is -2.60. The number of carbonyl (C=O) groups is 1. The van der Waals surface area contributed by atoms with Crippen LogP contribution in [0.3, 0.4) is 0 Å². The molecule has 0 saturated heterocycles. The van der Waals surface area contributed by atoms with E-state index in [9.17, 15) is 9.59 Å². The van der Waals surface area contributed by atoms with Crippen LogP contribution in [0.5, 0.6) is 0 Å². The summed E-state index contributed by atoms with van der Waals surface area (Å²) in [7, 11) is 0. The summed E-state index contributed by atoms with van der Waals surface area (Å²) in [6.07, 6.45) is 1.81. The second kappa shape index (κ2) is 9.94. The number of amides is 1. The van der Waals surface area contributed by atoms with Gasteiger partial charge < -0.3 is 5.32 Å². The van der Waals surface area contributed by atoms with Gasteiger partial charge >= 0.3 is 0 Å². The molecule has 0 aliphatic heterocycles. The molecule has 158 valence electrons. The lowest BCUT2D eigenvalue weighted by molar-refractivity contribution is -0.113. The van der Waals surface area contributed by atoms with Gasteiger partial charge in [-0.2, -0.15) is 0 Å². The molecule has 5 nitrogen and oxygen atoms in total. The van der Waals surface area contributed by atoms with Gasteiger partial charge in [-0.15, -0.1) is 0 Å². The molecule has 1 aromatic heterocycles. The number of rotatable bonds is 8. The summed E-state index contributed by atoms with van der Waals surface area (Å²) in [4.78, 5) is 30.4. The van der Waals surface area contributed by atoms with Gasteiger partial charge in [0.1, 0.15) is 0 Å². The van der Waals surface area contributed by atoms with Crippen LogP contribution in [-0.2, 0) is 4.79 Å². The number of para-hydroxylation sites is 2. The van der Waals surface area contributed by atoms with Gasteiger partial charge in [0, 0.05) is 11.7 Å². The van der Waals surface area contributed by atoms with Gasteiger partial charge in [0.25, 0.3) is 5.56 Å². The maximum atomic E-state index is 13.0. The van der Waals surface area contributed by atoms with Crippen molar-refractivity contribution in [1.82, 2.24) is 9.55 Å². The van der Waals surface area contributed by atoms with Crippen molar-refractivity contribution in [3.63, 3.8) is 0 Å². The summed E-state index contributed by atoms with van der Waals surface area (Å²) in [5.41, 5.74) is 2.59. The van der Waals surface area contributed by atoms with Crippen molar-refractivity contribution in [2.24, 2.45) is 0 Å². The summed E-state index contributed by atoms with van der Waals surface area (Å²) in [5.74, 6) is 0.455. The third-order valence-electron chi connectivity index (χ3n) is 5.52. The first-order valence-electron chi connectivity index (χ1n) is 10.5. The summed E-state index contributed by atoms with van der Waals surface area (Å²) in [6, 6.07) is 15.3.